The number of hydrogen-bond acceptors (Lipinski definition) is 5. The van der Waals surface area contributed by atoms with Gasteiger partial charge in [0.1, 0.15) is 11.6 Å². The predicted octanol–water partition coefficient (Wildman–Crippen LogP) is 2.96. The van der Waals surface area contributed by atoms with E-state index in [9.17, 15) is 9.18 Å². The molecular formula is C22H27FN6O. The molecule has 1 aliphatic heterocycles. The molecule has 0 spiro atoms. The summed E-state index contributed by atoms with van der Waals surface area (Å²) >= 11 is 0. The zero-order valence-corrected chi connectivity index (χ0v) is 17.4. The number of benzene rings is 1. The highest BCUT2D eigenvalue weighted by Gasteiger charge is 2.27. The van der Waals surface area contributed by atoms with Gasteiger partial charge in [0.2, 0.25) is 5.91 Å². The molecule has 0 unspecified atom stereocenters. The summed E-state index contributed by atoms with van der Waals surface area (Å²) in [5, 5.41) is 16.2. The number of fused-ring (bicyclic) bond motifs is 1. The number of piperidine rings is 1. The second-order valence-corrected chi connectivity index (χ2v) is 8.13. The van der Waals surface area contributed by atoms with Crippen LogP contribution in [0.5, 0.6) is 0 Å². The van der Waals surface area contributed by atoms with Crippen molar-refractivity contribution in [2.45, 2.75) is 39.0 Å². The molecule has 0 bridgehead atoms. The molecule has 0 radical (unpaired) electrons. The van der Waals surface area contributed by atoms with E-state index < -0.39 is 0 Å². The molecular weight excluding hydrogens is 383 g/mol. The minimum atomic E-state index is -0.246. The van der Waals surface area contributed by atoms with Gasteiger partial charge in [-0.15, -0.1) is 15.3 Å². The molecule has 3 aromatic rings. The summed E-state index contributed by atoms with van der Waals surface area (Å²) in [6, 6.07) is 10.3. The maximum absolute atomic E-state index is 13.0. The van der Waals surface area contributed by atoms with Gasteiger partial charge in [-0.1, -0.05) is 26.0 Å². The van der Waals surface area contributed by atoms with E-state index in [2.05, 4.69) is 34.3 Å². The number of rotatable bonds is 6. The fourth-order valence-corrected chi connectivity index (χ4v) is 3.85. The maximum Gasteiger partial charge on any atom is 0.224 e. The van der Waals surface area contributed by atoms with E-state index in [-0.39, 0.29) is 23.6 Å². The molecule has 1 atom stereocenters. The maximum atomic E-state index is 13.0. The lowest BCUT2D eigenvalue weighted by Crippen LogP contribution is -2.44. The van der Waals surface area contributed by atoms with Crippen molar-refractivity contribution >= 4 is 17.4 Å². The van der Waals surface area contributed by atoms with Crippen LogP contribution in [0.2, 0.25) is 0 Å². The number of nitrogens with zero attached hydrogens (tertiary/aromatic N) is 5. The van der Waals surface area contributed by atoms with Crippen LogP contribution in [0.4, 0.5) is 10.2 Å². The van der Waals surface area contributed by atoms with Gasteiger partial charge in [-0.3, -0.25) is 4.79 Å². The van der Waals surface area contributed by atoms with Crippen LogP contribution in [0, 0.1) is 11.7 Å². The van der Waals surface area contributed by atoms with Crippen molar-refractivity contribution in [1.29, 1.82) is 0 Å². The number of aromatic nitrogens is 4. The van der Waals surface area contributed by atoms with Crippen molar-refractivity contribution in [3.8, 4) is 0 Å². The fourth-order valence-electron chi connectivity index (χ4n) is 3.85. The molecule has 1 amide bonds. The van der Waals surface area contributed by atoms with Crippen LogP contribution in [0.25, 0.3) is 5.65 Å². The molecule has 0 aliphatic carbocycles. The Morgan fingerprint density at radius 2 is 2.00 bits per heavy atom. The molecule has 1 fully saturated rings. The second-order valence-electron chi connectivity index (χ2n) is 8.13. The third-order valence-corrected chi connectivity index (χ3v) is 5.53. The molecule has 2 aromatic heterocycles. The second kappa shape index (κ2) is 8.77. The number of nitrogens with one attached hydrogen (secondary N) is 1. The number of anilines is 1. The summed E-state index contributed by atoms with van der Waals surface area (Å²) in [7, 11) is 0. The minimum absolute atomic E-state index is 0.0649. The summed E-state index contributed by atoms with van der Waals surface area (Å²) < 4.78 is 14.8. The summed E-state index contributed by atoms with van der Waals surface area (Å²) in [5.41, 5.74) is 1.74. The van der Waals surface area contributed by atoms with Crippen LogP contribution in [-0.4, -0.2) is 45.4 Å². The van der Waals surface area contributed by atoms with Gasteiger partial charge in [0.05, 0.1) is 5.92 Å². The zero-order chi connectivity index (χ0) is 21.1. The Balaban J connectivity index is 1.37. The van der Waals surface area contributed by atoms with Crippen LogP contribution < -0.4 is 10.2 Å². The third-order valence-electron chi connectivity index (χ3n) is 5.53. The smallest absolute Gasteiger partial charge is 0.224 e. The average molecular weight is 410 g/mol. The van der Waals surface area contributed by atoms with Gasteiger partial charge in [-0.25, -0.2) is 4.39 Å². The first kappa shape index (κ1) is 20.3. The van der Waals surface area contributed by atoms with Gasteiger partial charge in [0.25, 0.3) is 0 Å². The van der Waals surface area contributed by atoms with E-state index in [0.29, 0.717) is 19.5 Å². The number of amides is 1. The van der Waals surface area contributed by atoms with Crippen LogP contribution in [0.1, 0.15) is 44.0 Å². The standard InChI is InChI=1S/C22H27FN6O/c1-15(2)21-26-25-19-9-10-20(27-29(19)21)28-13-3-4-17(14-28)22(30)24-12-11-16-5-7-18(23)8-6-16/h5-10,15,17H,3-4,11-14H2,1-2H3,(H,24,30)/t17-/m1/s1. The fraction of sp³-hybridized carbons (Fsp3) is 0.455. The largest absolute Gasteiger partial charge is 0.355 e. The Morgan fingerprint density at radius 1 is 1.20 bits per heavy atom. The molecule has 1 saturated heterocycles. The Kier molecular flexibility index (Phi) is 5.92. The molecule has 1 aliphatic rings. The molecule has 4 rings (SSSR count). The normalized spacial score (nSPS) is 16.9. The van der Waals surface area contributed by atoms with Crippen LogP contribution >= 0.6 is 0 Å². The van der Waals surface area contributed by atoms with Gasteiger partial charge in [-0.05, 0) is 49.1 Å². The summed E-state index contributed by atoms with van der Waals surface area (Å²) in [6.45, 7) is 6.19. The van der Waals surface area contributed by atoms with Gasteiger partial charge in [0, 0.05) is 25.6 Å². The predicted molar refractivity (Wildman–Crippen MR) is 113 cm³/mol. The van der Waals surface area contributed by atoms with Crippen molar-refractivity contribution in [3.05, 3.63) is 53.6 Å². The molecule has 1 aromatic carbocycles. The van der Waals surface area contributed by atoms with E-state index in [1.807, 2.05) is 12.1 Å². The SMILES string of the molecule is CC(C)c1nnc2ccc(N3CCC[C@@H](C(=O)NCCc4ccc(F)cc4)C3)nn12. The Morgan fingerprint density at radius 3 is 2.77 bits per heavy atom. The van der Waals surface area contributed by atoms with E-state index in [1.165, 1.54) is 12.1 Å². The van der Waals surface area contributed by atoms with Gasteiger partial charge >= 0.3 is 0 Å². The molecule has 3 heterocycles. The van der Waals surface area contributed by atoms with Crippen molar-refractivity contribution in [2.75, 3.05) is 24.5 Å². The van der Waals surface area contributed by atoms with Crippen molar-refractivity contribution in [1.82, 2.24) is 25.1 Å². The van der Waals surface area contributed by atoms with Crippen molar-refractivity contribution in [2.24, 2.45) is 5.92 Å². The molecule has 158 valence electrons. The lowest BCUT2D eigenvalue weighted by molar-refractivity contribution is -0.125. The lowest BCUT2D eigenvalue weighted by atomic mass is 9.97. The molecule has 7 nitrogen and oxygen atoms in total. The van der Waals surface area contributed by atoms with Gasteiger partial charge in [0.15, 0.2) is 11.5 Å². The Labute approximate surface area is 175 Å². The number of hydrogen-bond donors (Lipinski definition) is 1. The van der Waals surface area contributed by atoms with E-state index >= 15 is 0 Å². The van der Waals surface area contributed by atoms with E-state index in [4.69, 9.17) is 5.10 Å². The van der Waals surface area contributed by atoms with Crippen LogP contribution in [0.15, 0.2) is 36.4 Å². The van der Waals surface area contributed by atoms with Crippen LogP contribution in [0.3, 0.4) is 0 Å². The lowest BCUT2D eigenvalue weighted by Gasteiger charge is -2.32. The molecule has 0 saturated carbocycles. The first-order valence-corrected chi connectivity index (χ1v) is 10.5. The minimum Gasteiger partial charge on any atom is -0.355 e. The highest BCUT2D eigenvalue weighted by atomic mass is 19.1. The quantitative estimate of drug-likeness (QED) is 0.676. The van der Waals surface area contributed by atoms with E-state index in [0.717, 1.165) is 42.2 Å². The average Bonchev–Trinajstić information content (AvgIpc) is 3.19. The summed E-state index contributed by atoms with van der Waals surface area (Å²) in [4.78, 5) is 14.9. The Bertz CT molecular complexity index is 1020. The van der Waals surface area contributed by atoms with Gasteiger partial charge < -0.3 is 10.2 Å². The highest BCUT2D eigenvalue weighted by Crippen LogP contribution is 2.23. The highest BCUT2D eigenvalue weighted by molar-refractivity contribution is 5.79. The first-order chi connectivity index (χ1) is 14.5. The monoisotopic (exact) mass is 410 g/mol. The van der Waals surface area contributed by atoms with Crippen molar-refractivity contribution < 1.29 is 9.18 Å². The topological polar surface area (TPSA) is 75.4 Å². The molecule has 1 N–H and O–H groups in total. The number of carbonyl (C=O) groups is 1. The molecule has 30 heavy (non-hydrogen) atoms. The van der Waals surface area contributed by atoms with Crippen molar-refractivity contribution in [3.63, 3.8) is 0 Å². The van der Waals surface area contributed by atoms with E-state index in [1.54, 1.807) is 16.6 Å². The van der Waals surface area contributed by atoms with Gasteiger partial charge in [-0.2, -0.15) is 4.52 Å². The number of carbonyl (C=O) groups excluding carboxylic acids is 1. The summed E-state index contributed by atoms with van der Waals surface area (Å²) in [6.07, 6.45) is 2.49. The first-order valence-electron chi connectivity index (χ1n) is 10.5. The third kappa shape index (κ3) is 4.42. The molecule has 8 heteroatoms. The van der Waals surface area contributed by atoms with Crippen LogP contribution in [-0.2, 0) is 11.2 Å². The number of halogens is 1. The zero-order valence-electron chi connectivity index (χ0n) is 17.4. The summed E-state index contributed by atoms with van der Waals surface area (Å²) in [5.74, 6) is 1.64. The Hall–Kier alpha value is -3.03.